The third kappa shape index (κ3) is 2.46. The molecule has 1 aromatic heterocycles. The Balaban J connectivity index is 2.21. The van der Waals surface area contributed by atoms with E-state index in [9.17, 15) is 4.79 Å². The van der Waals surface area contributed by atoms with Crippen molar-refractivity contribution in [2.45, 2.75) is 19.4 Å². The Morgan fingerprint density at radius 3 is 2.78 bits per heavy atom. The molecule has 1 aromatic carbocycles. The van der Waals surface area contributed by atoms with Gasteiger partial charge in [-0.2, -0.15) is 5.26 Å². The SMILES string of the molecule is CC(C=O)c1cncn1Cc1ccc(C#N)cc1. The minimum Gasteiger partial charge on any atom is -0.329 e. The van der Waals surface area contributed by atoms with Gasteiger partial charge in [-0.25, -0.2) is 4.98 Å². The lowest BCUT2D eigenvalue weighted by atomic mass is 10.1. The number of hydrogen-bond donors (Lipinski definition) is 0. The van der Waals surface area contributed by atoms with E-state index in [0.29, 0.717) is 12.1 Å². The highest BCUT2D eigenvalue weighted by Crippen LogP contribution is 2.14. The predicted molar refractivity (Wildman–Crippen MR) is 67.0 cm³/mol. The molecule has 1 heterocycles. The number of nitriles is 1. The molecule has 4 heteroatoms. The molecule has 0 spiro atoms. The van der Waals surface area contributed by atoms with Gasteiger partial charge >= 0.3 is 0 Å². The first-order valence-corrected chi connectivity index (χ1v) is 5.69. The second kappa shape index (κ2) is 5.28. The van der Waals surface area contributed by atoms with Crippen LogP contribution in [0.1, 0.15) is 29.7 Å². The zero-order valence-electron chi connectivity index (χ0n) is 10.1. The first kappa shape index (κ1) is 12.1. The van der Waals surface area contributed by atoms with Crippen LogP contribution in [0.2, 0.25) is 0 Å². The highest BCUT2D eigenvalue weighted by molar-refractivity contribution is 5.60. The van der Waals surface area contributed by atoms with Crippen molar-refractivity contribution in [3.63, 3.8) is 0 Å². The first-order valence-electron chi connectivity index (χ1n) is 5.69. The Labute approximate surface area is 106 Å². The highest BCUT2D eigenvalue weighted by Gasteiger charge is 2.09. The number of hydrogen-bond acceptors (Lipinski definition) is 3. The number of nitrogens with zero attached hydrogens (tertiary/aromatic N) is 3. The van der Waals surface area contributed by atoms with E-state index in [4.69, 9.17) is 5.26 Å². The van der Waals surface area contributed by atoms with E-state index >= 15 is 0 Å². The number of carbonyl (C=O) groups is 1. The molecule has 0 fully saturated rings. The number of aromatic nitrogens is 2. The molecule has 0 N–H and O–H groups in total. The van der Waals surface area contributed by atoms with Gasteiger partial charge in [-0.15, -0.1) is 0 Å². The van der Waals surface area contributed by atoms with Crippen molar-refractivity contribution in [2.75, 3.05) is 0 Å². The van der Waals surface area contributed by atoms with E-state index in [-0.39, 0.29) is 5.92 Å². The molecule has 4 nitrogen and oxygen atoms in total. The molecule has 0 saturated heterocycles. The van der Waals surface area contributed by atoms with E-state index in [1.807, 2.05) is 23.6 Å². The van der Waals surface area contributed by atoms with Crippen LogP contribution >= 0.6 is 0 Å². The lowest BCUT2D eigenvalue weighted by Crippen LogP contribution is -2.06. The highest BCUT2D eigenvalue weighted by atomic mass is 16.1. The maximum atomic E-state index is 10.8. The number of rotatable bonds is 4. The van der Waals surface area contributed by atoms with Gasteiger partial charge < -0.3 is 9.36 Å². The Kier molecular flexibility index (Phi) is 3.54. The lowest BCUT2D eigenvalue weighted by Gasteiger charge is -2.10. The number of carbonyl (C=O) groups excluding carboxylic acids is 1. The van der Waals surface area contributed by atoms with Crippen LogP contribution in [0.15, 0.2) is 36.8 Å². The fraction of sp³-hybridized carbons (Fsp3) is 0.214. The normalized spacial score (nSPS) is 11.8. The van der Waals surface area contributed by atoms with Crippen LogP contribution in [0.5, 0.6) is 0 Å². The molecule has 0 bridgehead atoms. The van der Waals surface area contributed by atoms with Crippen molar-refractivity contribution in [2.24, 2.45) is 0 Å². The molecule has 0 aliphatic heterocycles. The van der Waals surface area contributed by atoms with Crippen molar-refractivity contribution in [3.05, 3.63) is 53.6 Å². The second-order valence-corrected chi connectivity index (χ2v) is 4.18. The summed E-state index contributed by atoms with van der Waals surface area (Å²) in [7, 11) is 0. The van der Waals surface area contributed by atoms with E-state index in [0.717, 1.165) is 17.5 Å². The summed E-state index contributed by atoms with van der Waals surface area (Å²) in [6.07, 6.45) is 4.34. The van der Waals surface area contributed by atoms with E-state index in [1.54, 1.807) is 24.7 Å². The Hall–Kier alpha value is -2.41. The molecule has 0 aliphatic carbocycles. The van der Waals surface area contributed by atoms with Crippen LogP contribution in [-0.4, -0.2) is 15.8 Å². The van der Waals surface area contributed by atoms with Crippen molar-refractivity contribution in [1.82, 2.24) is 9.55 Å². The maximum Gasteiger partial charge on any atom is 0.128 e. The monoisotopic (exact) mass is 239 g/mol. The van der Waals surface area contributed by atoms with Gasteiger partial charge in [0.25, 0.3) is 0 Å². The Morgan fingerprint density at radius 2 is 2.17 bits per heavy atom. The summed E-state index contributed by atoms with van der Waals surface area (Å²) in [6.45, 7) is 2.50. The van der Waals surface area contributed by atoms with Crippen molar-refractivity contribution in [3.8, 4) is 6.07 Å². The fourth-order valence-electron chi connectivity index (χ4n) is 1.79. The zero-order chi connectivity index (χ0) is 13.0. The van der Waals surface area contributed by atoms with Crippen LogP contribution in [0.4, 0.5) is 0 Å². The van der Waals surface area contributed by atoms with Gasteiger partial charge in [0.05, 0.1) is 23.9 Å². The van der Waals surface area contributed by atoms with Gasteiger partial charge in [-0.1, -0.05) is 19.1 Å². The molecule has 0 radical (unpaired) electrons. The number of aldehydes is 1. The van der Waals surface area contributed by atoms with Crippen LogP contribution in [0.25, 0.3) is 0 Å². The van der Waals surface area contributed by atoms with Gasteiger partial charge in [0.1, 0.15) is 6.29 Å². The van der Waals surface area contributed by atoms with Crippen molar-refractivity contribution < 1.29 is 4.79 Å². The third-order valence-electron chi connectivity index (χ3n) is 2.85. The van der Waals surface area contributed by atoms with E-state index in [1.165, 1.54) is 0 Å². The smallest absolute Gasteiger partial charge is 0.128 e. The van der Waals surface area contributed by atoms with Crippen molar-refractivity contribution in [1.29, 1.82) is 5.26 Å². The molecule has 2 rings (SSSR count). The van der Waals surface area contributed by atoms with Crippen LogP contribution < -0.4 is 0 Å². The summed E-state index contributed by atoms with van der Waals surface area (Å²) < 4.78 is 1.94. The minimum absolute atomic E-state index is 0.161. The molecule has 90 valence electrons. The first-order chi connectivity index (χ1) is 8.74. The van der Waals surface area contributed by atoms with Gasteiger partial charge in [0, 0.05) is 18.4 Å². The van der Waals surface area contributed by atoms with Crippen LogP contribution in [-0.2, 0) is 11.3 Å². The molecule has 0 saturated carbocycles. The summed E-state index contributed by atoms with van der Waals surface area (Å²) in [4.78, 5) is 14.9. The van der Waals surface area contributed by atoms with Crippen molar-refractivity contribution >= 4 is 6.29 Å². The molecule has 2 aromatic rings. The summed E-state index contributed by atoms with van der Waals surface area (Å²) >= 11 is 0. The number of benzene rings is 1. The van der Waals surface area contributed by atoms with Crippen LogP contribution in [0.3, 0.4) is 0 Å². The van der Waals surface area contributed by atoms with Crippen LogP contribution in [0, 0.1) is 11.3 Å². The fourth-order valence-corrected chi connectivity index (χ4v) is 1.79. The minimum atomic E-state index is -0.161. The van der Waals surface area contributed by atoms with Gasteiger partial charge in [-0.3, -0.25) is 0 Å². The topological polar surface area (TPSA) is 58.7 Å². The standard InChI is InChI=1S/C14H13N3O/c1-11(9-18)14-7-16-10-17(14)8-13-4-2-12(6-15)3-5-13/h2-5,7,9-11H,8H2,1H3. The summed E-state index contributed by atoms with van der Waals surface area (Å²) in [5, 5.41) is 8.73. The summed E-state index contributed by atoms with van der Waals surface area (Å²) in [6, 6.07) is 9.48. The Morgan fingerprint density at radius 1 is 1.44 bits per heavy atom. The summed E-state index contributed by atoms with van der Waals surface area (Å²) in [5.41, 5.74) is 2.62. The molecular formula is C14H13N3O. The molecule has 0 amide bonds. The molecule has 0 aliphatic rings. The third-order valence-corrected chi connectivity index (χ3v) is 2.85. The predicted octanol–water partition coefficient (Wildman–Crippen LogP) is 2.11. The average molecular weight is 239 g/mol. The average Bonchev–Trinajstić information content (AvgIpc) is 2.87. The van der Waals surface area contributed by atoms with E-state index < -0.39 is 0 Å². The molecule has 18 heavy (non-hydrogen) atoms. The quantitative estimate of drug-likeness (QED) is 0.768. The zero-order valence-corrected chi connectivity index (χ0v) is 10.1. The Bertz CT molecular complexity index is 578. The lowest BCUT2D eigenvalue weighted by molar-refractivity contribution is -0.108. The van der Waals surface area contributed by atoms with Gasteiger partial charge in [0.15, 0.2) is 0 Å². The molecular weight excluding hydrogens is 226 g/mol. The maximum absolute atomic E-state index is 10.8. The second-order valence-electron chi connectivity index (χ2n) is 4.18. The van der Waals surface area contributed by atoms with Gasteiger partial charge in [0.2, 0.25) is 0 Å². The summed E-state index contributed by atoms with van der Waals surface area (Å²) in [5.74, 6) is -0.161. The molecule has 1 unspecified atom stereocenters. The van der Waals surface area contributed by atoms with Gasteiger partial charge in [-0.05, 0) is 17.7 Å². The molecule has 1 atom stereocenters. The largest absolute Gasteiger partial charge is 0.329 e. The number of imidazole rings is 1. The van der Waals surface area contributed by atoms with E-state index in [2.05, 4.69) is 11.1 Å².